The summed E-state index contributed by atoms with van der Waals surface area (Å²) in [4.78, 5) is 22.8. The second-order valence-electron chi connectivity index (χ2n) is 3.78. The molecule has 90 valence electrons. The molecule has 1 fully saturated rings. The van der Waals surface area contributed by atoms with Crippen LogP contribution in [0.4, 0.5) is 0 Å². The first-order chi connectivity index (χ1) is 8.00. The van der Waals surface area contributed by atoms with Gasteiger partial charge in [0.1, 0.15) is 5.54 Å². The molecule has 0 spiro atoms. The van der Waals surface area contributed by atoms with Crippen LogP contribution in [0.15, 0.2) is 30.3 Å². The minimum absolute atomic E-state index is 0. The number of aliphatic carboxylic acids is 1. The van der Waals surface area contributed by atoms with Crippen molar-refractivity contribution in [2.75, 3.05) is 0 Å². The van der Waals surface area contributed by atoms with Crippen LogP contribution < -0.4 is 40.0 Å². The molecule has 0 radical (unpaired) electrons. The van der Waals surface area contributed by atoms with Crippen LogP contribution in [0.1, 0.15) is 10.4 Å². The Labute approximate surface area is 136 Å². The molecular formula is C11H8Cl2NNaO3. The van der Waals surface area contributed by atoms with Crippen molar-refractivity contribution in [2.45, 2.75) is 16.3 Å². The normalized spacial score (nSPS) is 29.0. The largest absolute Gasteiger partial charge is 1.00 e. The Morgan fingerprint density at radius 2 is 1.67 bits per heavy atom. The van der Waals surface area contributed by atoms with Crippen LogP contribution in [0.5, 0.6) is 0 Å². The van der Waals surface area contributed by atoms with Crippen LogP contribution in [0.3, 0.4) is 0 Å². The van der Waals surface area contributed by atoms with Gasteiger partial charge in [-0.05, 0) is 12.1 Å². The van der Waals surface area contributed by atoms with E-state index in [2.05, 4.69) is 5.32 Å². The van der Waals surface area contributed by atoms with E-state index in [-0.39, 0.29) is 29.6 Å². The fourth-order valence-corrected chi connectivity index (χ4v) is 2.44. The summed E-state index contributed by atoms with van der Waals surface area (Å²) in [5.41, 5.74) is -1.33. The summed E-state index contributed by atoms with van der Waals surface area (Å²) in [6.45, 7) is 0. The van der Waals surface area contributed by atoms with Gasteiger partial charge >= 0.3 is 29.6 Å². The zero-order valence-corrected chi connectivity index (χ0v) is 13.0. The Morgan fingerprint density at radius 1 is 1.17 bits per heavy atom. The second-order valence-corrected chi connectivity index (χ2v) is 4.72. The van der Waals surface area contributed by atoms with Gasteiger partial charge in [0.2, 0.25) is 0 Å². The maximum atomic E-state index is 11.8. The van der Waals surface area contributed by atoms with E-state index in [0.717, 1.165) is 0 Å². The molecule has 7 heteroatoms. The first-order valence-corrected chi connectivity index (χ1v) is 5.74. The molecule has 1 N–H and O–H groups in total. The van der Waals surface area contributed by atoms with E-state index in [4.69, 9.17) is 23.2 Å². The molecule has 1 amide bonds. The van der Waals surface area contributed by atoms with Crippen LogP contribution in [0, 0.1) is 0 Å². The fourth-order valence-electron chi connectivity index (χ4n) is 1.57. The molecule has 1 aliphatic carbocycles. The fraction of sp³-hybridized carbons (Fsp3) is 0.273. The van der Waals surface area contributed by atoms with Gasteiger partial charge < -0.3 is 15.2 Å². The molecule has 2 unspecified atom stereocenters. The van der Waals surface area contributed by atoms with E-state index in [1.807, 2.05) is 0 Å². The van der Waals surface area contributed by atoms with Crippen molar-refractivity contribution in [3.8, 4) is 0 Å². The van der Waals surface area contributed by atoms with E-state index < -0.39 is 28.2 Å². The van der Waals surface area contributed by atoms with Crippen LogP contribution in [0.2, 0.25) is 0 Å². The van der Waals surface area contributed by atoms with E-state index >= 15 is 0 Å². The van der Waals surface area contributed by atoms with Crippen LogP contribution in [0.25, 0.3) is 0 Å². The molecule has 2 rings (SSSR count). The monoisotopic (exact) mass is 295 g/mol. The van der Waals surface area contributed by atoms with Gasteiger partial charge in [-0.15, -0.1) is 23.2 Å². The van der Waals surface area contributed by atoms with Gasteiger partial charge in [-0.25, -0.2) is 0 Å². The quantitative estimate of drug-likeness (QED) is 0.482. The number of carboxylic acids is 1. The molecule has 2 atom stereocenters. The maximum absolute atomic E-state index is 11.8. The van der Waals surface area contributed by atoms with Crippen LogP contribution >= 0.6 is 23.2 Å². The Balaban J connectivity index is 0.00000162. The molecule has 1 saturated carbocycles. The first-order valence-electron chi connectivity index (χ1n) is 4.87. The van der Waals surface area contributed by atoms with Gasteiger partial charge in [-0.3, -0.25) is 4.79 Å². The molecule has 1 aromatic rings. The number of nitrogens with one attached hydrogen (secondary N) is 1. The molecule has 0 aliphatic heterocycles. The van der Waals surface area contributed by atoms with Crippen molar-refractivity contribution in [1.29, 1.82) is 0 Å². The van der Waals surface area contributed by atoms with Gasteiger partial charge in [0.25, 0.3) is 5.91 Å². The zero-order chi connectivity index (χ0) is 12.6. The number of amides is 1. The average molecular weight is 296 g/mol. The molecule has 0 aromatic heterocycles. The van der Waals surface area contributed by atoms with Gasteiger partial charge in [0, 0.05) is 5.56 Å². The number of carbonyl (C=O) groups is 2. The smallest absolute Gasteiger partial charge is 0.547 e. The van der Waals surface area contributed by atoms with Crippen LogP contribution in [-0.4, -0.2) is 28.2 Å². The van der Waals surface area contributed by atoms with E-state index in [9.17, 15) is 14.7 Å². The van der Waals surface area contributed by atoms with Crippen molar-refractivity contribution < 1.29 is 44.3 Å². The van der Waals surface area contributed by atoms with Gasteiger partial charge in [-0.1, -0.05) is 18.2 Å². The molecule has 1 aliphatic rings. The molecule has 0 bridgehead atoms. The standard InChI is InChI=1S/C11H9Cl2NO3.Na/c12-7-8(13)11(7,10(16)17)14-9(15)6-4-2-1-3-5-6;/h1-5,7-8H,(H,14,15)(H,16,17);/q;+1/p-1. The third-order valence-corrected chi connectivity index (χ3v) is 4.03. The van der Waals surface area contributed by atoms with Crippen molar-refractivity contribution in [3.05, 3.63) is 35.9 Å². The van der Waals surface area contributed by atoms with Crippen molar-refractivity contribution in [3.63, 3.8) is 0 Å². The van der Waals surface area contributed by atoms with Gasteiger partial charge in [0.15, 0.2) is 0 Å². The summed E-state index contributed by atoms with van der Waals surface area (Å²) in [7, 11) is 0. The van der Waals surface area contributed by atoms with Crippen molar-refractivity contribution in [1.82, 2.24) is 5.32 Å². The molecule has 0 heterocycles. The zero-order valence-electron chi connectivity index (χ0n) is 9.52. The molecule has 1 aromatic carbocycles. The van der Waals surface area contributed by atoms with Crippen molar-refractivity contribution >= 4 is 35.1 Å². The van der Waals surface area contributed by atoms with Gasteiger partial charge in [-0.2, -0.15) is 0 Å². The number of hydrogen-bond acceptors (Lipinski definition) is 3. The number of benzene rings is 1. The van der Waals surface area contributed by atoms with E-state index in [0.29, 0.717) is 5.56 Å². The number of carbonyl (C=O) groups excluding carboxylic acids is 2. The molecule has 4 nitrogen and oxygen atoms in total. The predicted molar refractivity (Wildman–Crippen MR) is 60.9 cm³/mol. The minimum atomic E-state index is -1.67. The topological polar surface area (TPSA) is 69.2 Å². The molecular weight excluding hydrogens is 288 g/mol. The minimum Gasteiger partial charge on any atom is -0.547 e. The Hall–Kier alpha value is -0.260. The number of carboxylic acid groups (broad SMARTS) is 1. The van der Waals surface area contributed by atoms with E-state index in [1.165, 1.54) is 0 Å². The van der Waals surface area contributed by atoms with Gasteiger partial charge in [0.05, 0.1) is 16.7 Å². The maximum Gasteiger partial charge on any atom is 1.00 e. The number of halogens is 2. The number of alkyl halides is 2. The average Bonchev–Trinajstić information content (AvgIpc) is 2.84. The third-order valence-electron chi connectivity index (χ3n) is 2.71. The summed E-state index contributed by atoms with van der Waals surface area (Å²) in [5, 5.41) is 11.6. The Morgan fingerprint density at radius 3 is 2.06 bits per heavy atom. The summed E-state index contributed by atoms with van der Waals surface area (Å²) >= 11 is 11.4. The van der Waals surface area contributed by atoms with E-state index in [1.54, 1.807) is 30.3 Å². The Kier molecular flexibility index (Phi) is 5.09. The molecule has 18 heavy (non-hydrogen) atoms. The second kappa shape index (κ2) is 5.80. The summed E-state index contributed by atoms with van der Waals surface area (Å²) in [6, 6.07) is 8.21. The van der Waals surface area contributed by atoms with Crippen LogP contribution in [-0.2, 0) is 4.79 Å². The summed E-state index contributed by atoms with van der Waals surface area (Å²) in [5.74, 6) is -2.01. The number of hydrogen-bond donors (Lipinski definition) is 1. The first kappa shape index (κ1) is 15.8. The predicted octanol–water partition coefficient (Wildman–Crippen LogP) is -2.86. The molecule has 0 saturated heterocycles. The SMILES string of the molecule is O=C(NC1(C(=O)[O-])C(Cl)C1Cl)c1ccccc1.[Na+]. The summed E-state index contributed by atoms with van der Waals surface area (Å²) < 4.78 is 0. The third kappa shape index (κ3) is 2.53. The van der Waals surface area contributed by atoms with Crippen molar-refractivity contribution in [2.24, 2.45) is 0 Å². The number of rotatable bonds is 3. The Bertz CT molecular complexity index is 461. The summed E-state index contributed by atoms with van der Waals surface area (Å²) in [6.07, 6.45) is 0.